The van der Waals surface area contributed by atoms with Gasteiger partial charge in [-0.2, -0.15) is 0 Å². The second-order valence-electron chi connectivity index (χ2n) is 5.74. The second kappa shape index (κ2) is 6.26. The molecule has 0 saturated heterocycles. The van der Waals surface area contributed by atoms with Crippen LogP contribution >= 0.6 is 15.9 Å². The van der Waals surface area contributed by atoms with Crippen molar-refractivity contribution in [1.29, 1.82) is 0 Å². The lowest BCUT2D eigenvalue weighted by atomic mass is 10.00. The van der Waals surface area contributed by atoms with Gasteiger partial charge in [0.25, 0.3) is 0 Å². The minimum absolute atomic E-state index is 0.568. The number of benzene rings is 2. The average Bonchev–Trinajstić information content (AvgIpc) is 3.03. The van der Waals surface area contributed by atoms with Crippen molar-refractivity contribution in [1.82, 2.24) is 15.1 Å². The smallest absolute Gasteiger partial charge is 0.247 e. The maximum Gasteiger partial charge on any atom is 0.247 e. The Morgan fingerprint density at radius 3 is 2.78 bits per heavy atom. The Bertz CT molecular complexity index is 830. The first-order chi connectivity index (χ1) is 11.3. The van der Waals surface area contributed by atoms with Crippen LogP contribution in [0.25, 0.3) is 11.5 Å². The molecule has 0 atom stereocenters. The molecular weight excluding hydrogens is 354 g/mol. The zero-order chi connectivity index (χ0) is 15.6. The van der Waals surface area contributed by atoms with Crippen molar-refractivity contribution >= 4 is 15.9 Å². The molecule has 0 radical (unpaired) electrons. The Kier molecular flexibility index (Phi) is 3.97. The molecule has 116 valence electrons. The molecule has 1 aliphatic rings. The van der Waals surface area contributed by atoms with Gasteiger partial charge < -0.3 is 4.42 Å². The van der Waals surface area contributed by atoms with E-state index in [0.29, 0.717) is 18.3 Å². The zero-order valence-corrected chi connectivity index (χ0v) is 14.2. The summed E-state index contributed by atoms with van der Waals surface area (Å²) in [4.78, 5) is 2.35. The van der Waals surface area contributed by atoms with E-state index in [1.807, 2.05) is 24.3 Å². The molecule has 0 saturated carbocycles. The molecule has 5 heteroatoms. The summed E-state index contributed by atoms with van der Waals surface area (Å²) in [6.45, 7) is 2.64. The fourth-order valence-corrected chi connectivity index (χ4v) is 3.34. The molecule has 23 heavy (non-hydrogen) atoms. The third kappa shape index (κ3) is 3.21. The van der Waals surface area contributed by atoms with Crippen LogP contribution in [0.4, 0.5) is 0 Å². The van der Waals surface area contributed by atoms with Crippen molar-refractivity contribution in [3.8, 4) is 11.5 Å². The topological polar surface area (TPSA) is 42.2 Å². The number of halogens is 1. The van der Waals surface area contributed by atoms with E-state index >= 15 is 0 Å². The van der Waals surface area contributed by atoms with E-state index in [-0.39, 0.29) is 0 Å². The van der Waals surface area contributed by atoms with Gasteiger partial charge in [-0.25, -0.2) is 0 Å². The van der Waals surface area contributed by atoms with Gasteiger partial charge in [0.2, 0.25) is 11.8 Å². The fourth-order valence-electron chi connectivity index (χ4n) is 2.94. The van der Waals surface area contributed by atoms with Crippen molar-refractivity contribution in [2.24, 2.45) is 0 Å². The molecular formula is C18H16BrN3O. The van der Waals surface area contributed by atoms with Gasteiger partial charge in [-0.3, -0.25) is 4.90 Å². The van der Waals surface area contributed by atoms with Crippen LogP contribution in [0.5, 0.6) is 0 Å². The molecule has 3 aromatic rings. The molecule has 1 aromatic heterocycles. The zero-order valence-electron chi connectivity index (χ0n) is 12.6. The van der Waals surface area contributed by atoms with Gasteiger partial charge in [-0.05, 0) is 35.7 Å². The van der Waals surface area contributed by atoms with Crippen LogP contribution in [-0.4, -0.2) is 21.6 Å². The Balaban J connectivity index is 1.48. The van der Waals surface area contributed by atoms with Gasteiger partial charge in [0.05, 0.1) is 6.54 Å². The molecule has 0 fully saturated rings. The van der Waals surface area contributed by atoms with Crippen molar-refractivity contribution in [3.63, 3.8) is 0 Å². The standard InChI is InChI=1S/C18H16BrN3O/c19-16-7-3-6-14(10-16)18-21-20-17(23-18)12-22-9-8-13-4-1-2-5-15(13)11-22/h1-7,10H,8-9,11-12H2. The summed E-state index contributed by atoms with van der Waals surface area (Å²) in [5.41, 5.74) is 3.77. The van der Waals surface area contributed by atoms with Gasteiger partial charge in [-0.15, -0.1) is 10.2 Å². The number of hydrogen-bond acceptors (Lipinski definition) is 4. The van der Waals surface area contributed by atoms with Crippen LogP contribution in [0.15, 0.2) is 57.4 Å². The van der Waals surface area contributed by atoms with Crippen molar-refractivity contribution in [3.05, 3.63) is 70.0 Å². The highest BCUT2D eigenvalue weighted by atomic mass is 79.9. The molecule has 4 rings (SSSR count). The monoisotopic (exact) mass is 369 g/mol. The van der Waals surface area contributed by atoms with Crippen LogP contribution in [-0.2, 0) is 19.5 Å². The van der Waals surface area contributed by atoms with E-state index in [9.17, 15) is 0 Å². The number of hydrogen-bond donors (Lipinski definition) is 0. The predicted octanol–water partition coefficient (Wildman–Crippen LogP) is 4.06. The summed E-state index contributed by atoms with van der Waals surface area (Å²) in [5, 5.41) is 8.37. The SMILES string of the molecule is Brc1cccc(-c2nnc(CN3CCc4ccccc4C3)o2)c1. The molecule has 0 bridgehead atoms. The van der Waals surface area contributed by atoms with Gasteiger partial charge in [0.15, 0.2) is 0 Å². The summed E-state index contributed by atoms with van der Waals surface area (Å²) >= 11 is 3.46. The number of rotatable bonds is 3. The van der Waals surface area contributed by atoms with Crippen molar-refractivity contribution < 1.29 is 4.42 Å². The van der Waals surface area contributed by atoms with E-state index in [1.54, 1.807) is 0 Å². The second-order valence-corrected chi connectivity index (χ2v) is 6.66. The minimum atomic E-state index is 0.568. The Labute approximate surface area is 143 Å². The van der Waals surface area contributed by atoms with Crippen molar-refractivity contribution in [2.45, 2.75) is 19.5 Å². The van der Waals surface area contributed by atoms with E-state index in [0.717, 1.165) is 29.5 Å². The molecule has 0 amide bonds. The number of fused-ring (bicyclic) bond motifs is 1. The number of nitrogens with zero attached hydrogens (tertiary/aromatic N) is 3. The Morgan fingerprint density at radius 1 is 1.04 bits per heavy atom. The molecule has 0 unspecified atom stereocenters. The molecule has 4 nitrogen and oxygen atoms in total. The maximum atomic E-state index is 5.83. The van der Waals surface area contributed by atoms with Crippen LogP contribution in [0.2, 0.25) is 0 Å². The predicted molar refractivity (Wildman–Crippen MR) is 91.7 cm³/mol. The highest BCUT2D eigenvalue weighted by Gasteiger charge is 2.18. The third-order valence-electron chi connectivity index (χ3n) is 4.11. The average molecular weight is 370 g/mol. The lowest BCUT2D eigenvalue weighted by Gasteiger charge is -2.27. The van der Waals surface area contributed by atoms with Gasteiger partial charge >= 0.3 is 0 Å². The lowest BCUT2D eigenvalue weighted by molar-refractivity contribution is 0.222. The summed E-state index contributed by atoms with van der Waals surface area (Å²) in [5.74, 6) is 1.23. The highest BCUT2D eigenvalue weighted by Crippen LogP contribution is 2.23. The lowest BCUT2D eigenvalue weighted by Crippen LogP contribution is -2.30. The first kappa shape index (κ1) is 14.6. The van der Waals surface area contributed by atoms with E-state index < -0.39 is 0 Å². The molecule has 0 spiro atoms. The van der Waals surface area contributed by atoms with Gasteiger partial charge in [0, 0.05) is 23.1 Å². The first-order valence-electron chi connectivity index (χ1n) is 7.65. The number of aromatic nitrogens is 2. The van der Waals surface area contributed by atoms with Gasteiger partial charge in [-0.1, -0.05) is 46.3 Å². The largest absolute Gasteiger partial charge is 0.419 e. The molecule has 1 aliphatic heterocycles. The summed E-state index contributed by atoms with van der Waals surface area (Å²) in [6.07, 6.45) is 1.07. The molecule has 0 N–H and O–H groups in total. The van der Waals surface area contributed by atoms with Gasteiger partial charge in [0.1, 0.15) is 0 Å². The molecule has 0 aliphatic carbocycles. The van der Waals surface area contributed by atoms with E-state index in [1.165, 1.54) is 11.1 Å². The van der Waals surface area contributed by atoms with Crippen LogP contribution in [0.3, 0.4) is 0 Å². The summed E-state index contributed by atoms with van der Waals surface area (Å²) < 4.78 is 6.83. The fraction of sp³-hybridized carbons (Fsp3) is 0.222. The minimum Gasteiger partial charge on any atom is -0.419 e. The summed E-state index contributed by atoms with van der Waals surface area (Å²) in [7, 11) is 0. The maximum absolute atomic E-state index is 5.83. The van der Waals surface area contributed by atoms with E-state index in [2.05, 4.69) is 55.3 Å². The van der Waals surface area contributed by atoms with E-state index in [4.69, 9.17) is 4.42 Å². The van der Waals surface area contributed by atoms with Crippen molar-refractivity contribution in [2.75, 3.05) is 6.54 Å². The Hall–Kier alpha value is -1.98. The summed E-state index contributed by atoms with van der Waals surface area (Å²) in [6, 6.07) is 16.5. The third-order valence-corrected chi connectivity index (χ3v) is 4.60. The van der Waals surface area contributed by atoms with Crippen LogP contribution in [0, 0.1) is 0 Å². The first-order valence-corrected chi connectivity index (χ1v) is 8.45. The Morgan fingerprint density at radius 2 is 1.91 bits per heavy atom. The van der Waals surface area contributed by atoms with Crippen LogP contribution < -0.4 is 0 Å². The molecule has 2 aromatic carbocycles. The van der Waals surface area contributed by atoms with Crippen LogP contribution in [0.1, 0.15) is 17.0 Å². The highest BCUT2D eigenvalue weighted by molar-refractivity contribution is 9.10. The normalized spacial score (nSPS) is 14.7. The quantitative estimate of drug-likeness (QED) is 0.698. The molecule has 2 heterocycles.